The van der Waals surface area contributed by atoms with E-state index in [9.17, 15) is 13.2 Å². The molecule has 0 radical (unpaired) electrons. The Morgan fingerprint density at radius 2 is 1.67 bits per heavy atom. The quantitative estimate of drug-likeness (QED) is 0.770. The minimum absolute atomic E-state index is 0.00704. The zero-order valence-corrected chi connectivity index (χ0v) is 18.3. The van der Waals surface area contributed by atoms with E-state index in [0.29, 0.717) is 13.0 Å². The third-order valence-corrected chi connectivity index (χ3v) is 8.61. The van der Waals surface area contributed by atoms with Gasteiger partial charge in [-0.2, -0.15) is 4.31 Å². The van der Waals surface area contributed by atoms with E-state index in [1.807, 2.05) is 42.5 Å². The highest BCUT2D eigenvalue weighted by atomic mass is 32.2. The van der Waals surface area contributed by atoms with Crippen molar-refractivity contribution in [2.45, 2.75) is 57.0 Å². The van der Waals surface area contributed by atoms with E-state index in [2.05, 4.69) is 17.4 Å². The summed E-state index contributed by atoms with van der Waals surface area (Å²) in [5.41, 5.74) is 3.24. The highest BCUT2D eigenvalue weighted by molar-refractivity contribution is 7.89. The molecule has 1 unspecified atom stereocenters. The predicted molar refractivity (Wildman–Crippen MR) is 119 cm³/mol. The van der Waals surface area contributed by atoms with Crippen molar-refractivity contribution in [2.75, 3.05) is 12.3 Å². The average molecular weight is 427 g/mol. The molecule has 1 fully saturated rings. The van der Waals surface area contributed by atoms with E-state index in [4.69, 9.17) is 0 Å². The van der Waals surface area contributed by atoms with Gasteiger partial charge in [0.1, 0.15) is 6.04 Å². The first-order valence-corrected chi connectivity index (χ1v) is 12.5. The molecule has 2 aliphatic rings. The topological polar surface area (TPSA) is 66.5 Å². The van der Waals surface area contributed by atoms with Crippen LogP contribution in [-0.2, 0) is 33.2 Å². The van der Waals surface area contributed by atoms with Crippen LogP contribution >= 0.6 is 0 Å². The van der Waals surface area contributed by atoms with Crippen molar-refractivity contribution in [3.8, 4) is 0 Å². The van der Waals surface area contributed by atoms with Gasteiger partial charge in [0.25, 0.3) is 0 Å². The molecule has 0 saturated heterocycles. The van der Waals surface area contributed by atoms with Gasteiger partial charge < -0.3 is 5.32 Å². The smallest absolute Gasteiger partial charge is 0.238 e. The summed E-state index contributed by atoms with van der Waals surface area (Å²) in [5.74, 6) is -0.198. The van der Waals surface area contributed by atoms with E-state index in [-0.39, 0.29) is 23.6 Å². The summed E-state index contributed by atoms with van der Waals surface area (Å²) in [6.45, 7) is 2.44. The second-order valence-electron chi connectivity index (χ2n) is 8.51. The molecule has 1 amide bonds. The van der Waals surface area contributed by atoms with Gasteiger partial charge in [-0.1, -0.05) is 67.4 Å². The maximum atomic E-state index is 13.3. The Bertz CT molecular complexity index is 998. The van der Waals surface area contributed by atoms with Crippen molar-refractivity contribution in [2.24, 2.45) is 0 Å². The third kappa shape index (κ3) is 4.03. The molecule has 160 valence electrons. The number of rotatable bonds is 6. The third-order valence-electron chi connectivity index (χ3n) is 6.78. The first-order valence-electron chi connectivity index (χ1n) is 10.8. The van der Waals surface area contributed by atoms with Crippen LogP contribution in [0.2, 0.25) is 0 Å². The number of carbonyl (C=O) groups excluding carboxylic acids is 1. The Morgan fingerprint density at radius 1 is 1.03 bits per heavy atom. The molecule has 1 saturated carbocycles. The second kappa shape index (κ2) is 8.52. The predicted octanol–water partition coefficient (Wildman–Crippen LogP) is 3.39. The molecule has 0 bridgehead atoms. The van der Waals surface area contributed by atoms with E-state index in [1.165, 1.54) is 9.87 Å². The lowest BCUT2D eigenvalue weighted by atomic mass is 9.78. The molecule has 5 nitrogen and oxygen atoms in total. The molecule has 1 aliphatic carbocycles. The highest BCUT2D eigenvalue weighted by Crippen LogP contribution is 2.40. The first-order chi connectivity index (χ1) is 14.5. The Balaban J connectivity index is 1.56. The number of benzene rings is 2. The zero-order chi connectivity index (χ0) is 21.2. The Labute approximate surface area is 179 Å². The summed E-state index contributed by atoms with van der Waals surface area (Å²) >= 11 is 0. The standard InChI is InChI=1S/C24H30N2O3S/c1-2-30(28,29)26-17-20-11-7-6-10-19(20)16-22(26)23(27)25-18-24(14-8-9-15-24)21-12-4-3-5-13-21/h3-7,10-13,22H,2,8-9,14-18H2,1H3,(H,25,27). The second-order valence-corrected chi connectivity index (χ2v) is 10.7. The van der Waals surface area contributed by atoms with Gasteiger partial charge in [0.2, 0.25) is 15.9 Å². The van der Waals surface area contributed by atoms with Crippen LogP contribution in [0.5, 0.6) is 0 Å². The highest BCUT2D eigenvalue weighted by Gasteiger charge is 2.40. The maximum Gasteiger partial charge on any atom is 0.238 e. The summed E-state index contributed by atoms with van der Waals surface area (Å²) in [7, 11) is -3.49. The van der Waals surface area contributed by atoms with Crippen molar-refractivity contribution >= 4 is 15.9 Å². The molecular formula is C24H30N2O3S. The number of nitrogens with zero attached hydrogens (tertiary/aromatic N) is 1. The van der Waals surface area contributed by atoms with Crippen molar-refractivity contribution in [1.82, 2.24) is 9.62 Å². The number of nitrogens with one attached hydrogen (secondary N) is 1. The van der Waals surface area contributed by atoms with Crippen LogP contribution in [-0.4, -0.2) is 37.0 Å². The van der Waals surface area contributed by atoms with Gasteiger partial charge >= 0.3 is 0 Å². The normalized spacial score (nSPS) is 21.2. The number of sulfonamides is 1. The van der Waals surface area contributed by atoms with Gasteiger partial charge in [-0.25, -0.2) is 8.42 Å². The summed E-state index contributed by atoms with van der Waals surface area (Å²) in [6.07, 6.45) is 4.80. The van der Waals surface area contributed by atoms with Crippen LogP contribution in [0, 0.1) is 0 Å². The maximum absolute atomic E-state index is 13.3. The van der Waals surface area contributed by atoms with Crippen LogP contribution < -0.4 is 5.32 Å². The number of hydrogen-bond acceptors (Lipinski definition) is 3. The van der Waals surface area contributed by atoms with Gasteiger partial charge in [-0.3, -0.25) is 4.79 Å². The summed E-state index contributed by atoms with van der Waals surface area (Å²) < 4.78 is 26.9. The van der Waals surface area contributed by atoms with E-state index >= 15 is 0 Å². The minimum atomic E-state index is -3.49. The van der Waals surface area contributed by atoms with Crippen LogP contribution in [0.1, 0.15) is 49.3 Å². The molecule has 2 aromatic rings. The van der Waals surface area contributed by atoms with Crippen LogP contribution in [0.3, 0.4) is 0 Å². The lowest BCUT2D eigenvalue weighted by Gasteiger charge is -2.36. The lowest BCUT2D eigenvalue weighted by Crippen LogP contribution is -2.54. The first kappa shape index (κ1) is 21.1. The molecule has 1 aliphatic heterocycles. The fourth-order valence-electron chi connectivity index (χ4n) is 4.97. The van der Waals surface area contributed by atoms with Gasteiger partial charge in [0.05, 0.1) is 5.75 Å². The van der Waals surface area contributed by atoms with Crippen LogP contribution in [0.15, 0.2) is 54.6 Å². The van der Waals surface area contributed by atoms with Crippen molar-refractivity contribution in [3.63, 3.8) is 0 Å². The Kier molecular flexibility index (Phi) is 5.98. The molecule has 4 rings (SSSR count). The lowest BCUT2D eigenvalue weighted by molar-refractivity contribution is -0.125. The SMILES string of the molecule is CCS(=O)(=O)N1Cc2ccccc2CC1C(=O)NCC1(c2ccccc2)CCCC1. The van der Waals surface area contributed by atoms with Crippen molar-refractivity contribution in [3.05, 3.63) is 71.3 Å². The Morgan fingerprint density at radius 3 is 2.33 bits per heavy atom. The molecule has 1 N–H and O–H groups in total. The molecule has 2 aromatic carbocycles. The number of hydrogen-bond donors (Lipinski definition) is 1. The molecule has 1 heterocycles. The number of amides is 1. The molecule has 0 spiro atoms. The van der Waals surface area contributed by atoms with Crippen molar-refractivity contribution < 1.29 is 13.2 Å². The fourth-order valence-corrected chi connectivity index (χ4v) is 6.19. The van der Waals surface area contributed by atoms with E-state index in [1.54, 1.807) is 6.92 Å². The van der Waals surface area contributed by atoms with Gasteiger partial charge in [-0.05, 0) is 42.9 Å². The minimum Gasteiger partial charge on any atom is -0.354 e. The molecular weight excluding hydrogens is 396 g/mol. The van der Waals surface area contributed by atoms with Gasteiger partial charge in [-0.15, -0.1) is 0 Å². The summed E-state index contributed by atoms with van der Waals surface area (Å²) in [6, 6.07) is 17.5. The van der Waals surface area contributed by atoms with Crippen LogP contribution in [0.25, 0.3) is 0 Å². The number of fused-ring (bicyclic) bond motifs is 1. The zero-order valence-electron chi connectivity index (χ0n) is 17.5. The van der Waals surface area contributed by atoms with Crippen LogP contribution in [0.4, 0.5) is 0 Å². The molecule has 1 atom stereocenters. The van der Waals surface area contributed by atoms with E-state index < -0.39 is 16.1 Å². The fraction of sp³-hybridized carbons (Fsp3) is 0.458. The Hall–Kier alpha value is -2.18. The summed E-state index contributed by atoms with van der Waals surface area (Å²) in [5, 5.41) is 3.15. The molecule has 6 heteroatoms. The van der Waals surface area contributed by atoms with Gasteiger partial charge in [0.15, 0.2) is 0 Å². The molecule has 30 heavy (non-hydrogen) atoms. The van der Waals surface area contributed by atoms with Crippen molar-refractivity contribution in [1.29, 1.82) is 0 Å². The largest absolute Gasteiger partial charge is 0.354 e. The van der Waals surface area contributed by atoms with Gasteiger partial charge in [0, 0.05) is 18.5 Å². The monoisotopic (exact) mass is 426 g/mol. The van der Waals surface area contributed by atoms with E-state index in [0.717, 1.165) is 36.8 Å². The average Bonchev–Trinajstić information content (AvgIpc) is 3.27. The number of carbonyl (C=O) groups is 1. The summed E-state index contributed by atoms with van der Waals surface area (Å²) in [4.78, 5) is 13.3. The molecule has 0 aromatic heterocycles.